The summed E-state index contributed by atoms with van der Waals surface area (Å²) in [4.78, 5) is 0. The van der Waals surface area contributed by atoms with Gasteiger partial charge in [0.25, 0.3) is 0 Å². The number of nitrogens with zero attached hydrogens (tertiary/aromatic N) is 3. The average molecular weight is 468 g/mol. The first kappa shape index (κ1) is 17.1. The van der Waals surface area contributed by atoms with E-state index in [1.165, 1.54) is 10.9 Å². The summed E-state index contributed by atoms with van der Waals surface area (Å²) in [6, 6.07) is 11.4. The molecular weight excluding hydrogens is 456 g/mol. The Morgan fingerprint density at radius 2 is 2.04 bits per heavy atom. The minimum atomic E-state index is 0.106. The molecule has 0 bridgehead atoms. The van der Waals surface area contributed by atoms with Crippen LogP contribution in [0.15, 0.2) is 50.4 Å². The molecule has 1 aromatic heterocycles. The Balaban J connectivity index is 2.08. The van der Waals surface area contributed by atoms with Crippen molar-refractivity contribution < 1.29 is 5.11 Å². The predicted molar refractivity (Wildman–Crippen MR) is 104 cm³/mol. The van der Waals surface area contributed by atoms with E-state index in [-0.39, 0.29) is 5.75 Å². The second-order valence-electron chi connectivity index (χ2n) is 5.05. The van der Waals surface area contributed by atoms with Gasteiger partial charge >= 0.3 is 0 Å². The third-order valence-corrected chi connectivity index (χ3v) is 4.73. The fourth-order valence-corrected chi connectivity index (χ4v) is 3.64. The van der Waals surface area contributed by atoms with Crippen LogP contribution in [0.25, 0.3) is 11.4 Å². The summed E-state index contributed by atoms with van der Waals surface area (Å²) >= 11 is 12.0. The van der Waals surface area contributed by atoms with Gasteiger partial charge in [0.05, 0.1) is 10.7 Å². The molecule has 2 aromatic carbocycles. The highest BCUT2D eigenvalue weighted by Crippen LogP contribution is 2.30. The van der Waals surface area contributed by atoms with Crippen molar-refractivity contribution in [1.82, 2.24) is 14.9 Å². The molecule has 5 nitrogen and oxygen atoms in total. The van der Waals surface area contributed by atoms with Gasteiger partial charge in [-0.1, -0.05) is 40.2 Å². The lowest BCUT2D eigenvalue weighted by Gasteiger charge is -2.05. The second-order valence-corrected chi connectivity index (χ2v) is 7.21. The Kier molecular flexibility index (Phi) is 4.98. The van der Waals surface area contributed by atoms with Crippen molar-refractivity contribution in [1.29, 1.82) is 0 Å². The number of benzene rings is 2. The largest absolute Gasteiger partial charge is 0.506 e. The summed E-state index contributed by atoms with van der Waals surface area (Å²) in [5.74, 6) is 0.720. The molecule has 0 amide bonds. The molecule has 0 spiro atoms. The molecule has 0 aliphatic heterocycles. The Bertz CT molecular complexity index is 994. The van der Waals surface area contributed by atoms with Crippen LogP contribution in [0.5, 0.6) is 5.75 Å². The third-order valence-electron chi connectivity index (χ3n) is 3.41. The Hall–Kier alpha value is -1.77. The molecular formula is C16H12Br2N4OS. The van der Waals surface area contributed by atoms with Gasteiger partial charge in [-0.3, -0.25) is 0 Å². The summed E-state index contributed by atoms with van der Waals surface area (Å²) < 4.78 is 3.31. The van der Waals surface area contributed by atoms with Crippen LogP contribution < -0.4 is 0 Å². The fraction of sp³-hybridized carbons (Fsp3) is 0.0625. The van der Waals surface area contributed by atoms with E-state index in [0.29, 0.717) is 20.6 Å². The SMILES string of the molecule is Cc1ccccc1-c1n[nH]c(=S)n1/N=C\c1cc(Br)cc(Br)c1O. The first-order valence-corrected chi connectivity index (χ1v) is 8.92. The van der Waals surface area contributed by atoms with E-state index in [1.54, 1.807) is 12.1 Å². The molecule has 3 rings (SSSR count). The predicted octanol–water partition coefficient (Wildman–Crippen LogP) is 5.03. The average Bonchev–Trinajstić information content (AvgIpc) is 2.90. The van der Waals surface area contributed by atoms with Gasteiger partial charge in [0, 0.05) is 15.6 Å². The van der Waals surface area contributed by atoms with Crippen molar-refractivity contribution in [3.05, 3.63) is 61.2 Å². The number of phenols is 1. The summed E-state index contributed by atoms with van der Waals surface area (Å²) in [5, 5.41) is 21.5. The van der Waals surface area contributed by atoms with Crippen LogP contribution >= 0.6 is 44.1 Å². The van der Waals surface area contributed by atoms with Crippen LogP contribution in [0.3, 0.4) is 0 Å². The van der Waals surface area contributed by atoms with Crippen LogP contribution in [0, 0.1) is 11.7 Å². The number of nitrogens with one attached hydrogen (secondary N) is 1. The lowest BCUT2D eigenvalue weighted by molar-refractivity contribution is 0.471. The zero-order valence-corrected chi connectivity index (χ0v) is 16.5. The number of aromatic nitrogens is 3. The Morgan fingerprint density at radius 3 is 2.79 bits per heavy atom. The van der Waals surface area contributed by atoms with Crippen LogP contribution in [0.1, 0.15) is 11.1 Å². The maximum absolute atomic E-state index is 10.1. The zero-order valence-electron chi connectivity index (χ0n) is 12.5. The first-order valence-electron chi connectivity index (χ1n) is 6.93. The standard InChI is InChI=1S/C16H12Br2N4OS/c1-9-4-2-3-5-12(9)15-20-21-16(24)22(15)19-8-10-6-11(17)7-13(18)14(10)23/h2-8,23H,1H3,(H,21,24)/b19-8-. The summed E-state index contributed by atoms with van der Waals surface area (Å²) in [7, 11) is 0. The highest BCUT2D eigenvalue weighted by molar-refractivity contribution is 9.11. The quantitative estimate of drug-likeness (QED) is 0.419. The number of halogens is 2. The van der Waals surface area contributed by atoms with Crippen molar-refractivity contribution in [3.63, 3.8) is 0 Å². The molecule has 8 heteroatoms. The molecule has 1 heterocycles. The van der Waals surface area contributed by atoms with Gasteiger partial charge in [-0.15, -0.1) is 0 Å². The first-order chi connectivity index (χ1) is 11.5. The van der Waals surface area contributed by atoms with Gasteiger partial charge in [-0.2, -0.15) is 14.9 Å². The summed E-state index contributed by atoms with van der Waals surface area (Å²) in [5.41, 5.74) is 2.55. The van der Waals surface area contributed by atoms with Crippen LogP contribution in [0.4, 0.5) is 0 Å². The maximum atomic E-state index is 10.1. The number of H-pyrrole nitrogens is 1. The molecule has 2 N–H and O–H groups in total. The molecule has 0 aliphatic rings. The number of hydrogen-bond donors (Lipinski definition) is 2. The van der Waals surface area contributed by atoms with E-state index in [4.69, 9.17) is 12.2 Å². The number of rotatable bonds is 3. The minimum absolute atomic E-state index is 0.106. The molecule has 0 aliphatic carbocycles. The van der Waals surface area contributed by atoms with Crippen LogP contribution in [-0.4, -0.2) is 26.2 Å². The number of aromatic amines is 1. The van der Waals surface area contributed by atoms with E-state index in [1.807, 2.05) is 31.2 Å². The molecule has 122 valence electrons. The monoisotopic (exact) mass is 466 g/mol. The van der Waals surface area contributed by atoms with E-state index < -0.39 is 0 Å². The van der Waals surface area contributed by atoms with Crippen LogP contribution in [0.2, 0.25) is 0 Å². The van der Waals surface area contributed by atoms with Crippen molar-refractivity contribution >= 4 is 50.3 Å². The van der Waals surface area contributed by atoms with Gasteiger partial charge in [0.15, 0.2) is 5.82 Å². The molecule has 0 fully saturated rings. The lowest BCUT2D eigenvalue weighted by atomic mass is 10.1. The highest BCUT2D eigenvalue weighted by Gasteiger charge is 2.11. The van der Waals surface area contributed by atoms with Gasteiger partial charge in [-0.05, 0) is 52.8 Å². The van der Waals surface area contributed by atoms with E-state index in [0.717, 1.165) is 15.6 Å². The normalized spacial score (nSPS) is 11.3. The topological polar surface area (TPSA) is 66.2 Å². The van der Waals surface area contributed by atoms with Gasteiger partial charge in [0.1, 0.15) is 5.75 Å². The smallest absolute Gasteiger partial charge is 0.216 e. The van der Waals surface area contributed by atoms with Crippen molar-refractivity contribution in [3.8, 4) is 17.1 Å². The molecule has 24 heavy (non-hydrogen) atoms. The van der Waals surface area contributed by atoms with Crippen molar-refractivity contribution in [2.75, 3.05) is 0 Å². The fourth-order valence-electron chi connectivity index (χ4n) is 2.20. The Labute approximate surface area is 160 Å². The van der Waals surface area contributed by atoms with E-state index >= 15 is 0 Å². The van der Waals surface area contributed by atoms with Crippen molar-refractivity contribution in [2.24, 2.45) is 5.10 Å². The highest BCUT2D eigenvalue weighted by atomic mass is 79.9. The zero-order chi connectivity index (χ0) is 17.3. The molecule has 0 saturated carbocycles. The molecule has 0 atom stereocenters. The lowest BCUT2D eigenvalue weighted by Crippen LogP contribution is -1.96. The maximum Gasteiger partial charge on any atom is 0.216 e. The van der Waals surface area contributed by atoms with Gasteiger partial charge < -0.3 is 5.11 Å². The van der Waals surface area contributed by atoms with Gasteiger partial charge in [-0.25, -0.2) is 5.10 Å². The summed E-state index contributed by atoms with van der Waals surface area (Å²) in [6.07, 6.45) is 1.54. The number of aromatic hydroxyl groups is 1. The van der Waals surface area contributed by atoms with Gasteiger partial charge in [0.2, 0.25) is 4.77 Å². The van der Waals surface area contributed by atoms with E-state index in [2.05, 4.69) is 47.2 Å². The van der Waals surface area contributed by atoms with Crippen LogP contribution in [-0.2, 0) is 0 Å². The third kappa shape index (κ3) is 3.35. The summed E-state index contributed by atoms with van der Waals surface area (Å²) in [6.45, 7) is 2.00. The second kappa shape index (κ2) is 7.00. The molecule has 0 unspecified atom stereocenters. The molecule has 0 saturated heterocycles. The number of aryl methyl sites for hydroxylation is 1. The van der Waals surface area contributed by atoms with E-state index in [9.17, 15) is 5.11 Å². The van der Waals surface area contributed by atoms with Crippen molar-refractivity contribution in [2.45, 2.75) is 6.92 Å². The number of phenolic OH excluding ortho intramolecular Hbond substituents is 1. The molecule has 0 radical (unpaired) electrons. The minimum Gasteiger partial charge on any atom is -0.506 e. The number of hydrogen-bond acceptors (Lipinski definition) is 4. The molecule has 3 aromatic rings. The Morgan fingerprint density at radius 1 is 1.29 bits per heavy atom.